The highest BCUT2D eigenvalue weighted by atomic mass is 15.9. The summed E-state index contributed by atoms with van der Waals surface area (Å²) in [4.78, 5) is 1.69. The van der Waals surface area contributed by atoms with E-state index in [2.05, 4.69) is 48.0 Å². The molecule has 1 N–H and O–H groups in total. The first-order valence-corrected chi connectivity index (χ1v) is 14.1. The molecule has 0 radical (unpaired) electrons. The molecule has 0 aromatic heterocycles. The van der Waals surface area contributed by atoms with Gasteiger partial charge in [0.2, 0.25) is 5.69 Å². The molecule has 0 amide bonds. The van der Waals surface area contributed by atoms with Crippen molar-refractivity contribution in [2.75, 3.05) is 10.1 Å². The lowest BCUT2D eigenvalue weighted by Gasteiger charge is -2.22. The molecule has 0 saturated carbocycles. The predicted octanol–water partition coefficient (Wildman–Crippen LogP) is 8.03. The Kier molecular flexibility index (Phi) is 6.02. The van der Waals surface area contributed by atoms with Crippen LogP contribution in [0, 0.1) is 0 Å². The lowest BCUT2D eigenvalue weighted by Crippen LogP contribution is -2.43. The van der Waals surface area contributed by atoms with Crippen LogP contribution in [0.15, 0.2) is 173 Å². The Labute approximate surface area is 248 Å². The van der Waals surface area contributed by atoms with Gasteiger partial charge in [-0.25, -0.2) is 5.01 Å². The van der Waals surface area contributed by atoms with Crippen LogP contribution >= 0.6 is 0 Å². The van der Waals surface area contributed by atoms with Gasteiger partial charge in [0, 0.05) is 34.5 Å². The van der Waals surface area contributed by atoms with Crippen LogP contribution in [0.5, 0.6) is 0 Å². The number of nitrogens with zero attached hydrogens (tertiary/aromatic N) is 7. The molecule has 1 aliphatic carbocycles. The maximum Gasteiger partial charge on any atom is 0.408 e. The van der Waals surface area contributed by atoms with Crippen molar-refractivity contribution in [1.29, 1.82) is 0 Å². The third kappa shape index (κ3) is 4.43. The molecular weight excluding hydrogens is 532 g/mol. The highest BCUT2D eigenvalue weighted by molar-refractivity contribution is 6.33. The fourth-order valence-electron chi connectivity index (χ4n) is 5.40. The summed E-state index contributed by atoms with van der Waals surface area (Å²) in [6.07, 6.45) is 2.17. The molecule has 5 aromatic rings. The van der Waals surface area contributed by atoms with E-state index in [-0.39, 0.29) is 0 Å². The molecule has 0 saturated heterocycles. The number of anilines is 2. The summed E-state index contributed by atoms with van der Waals surface area (Å²) in [7, 11) is 0. The van der Waals surface area contributed by atoms with E-state index in [0.29, 0.717) is 0 Å². The SMILES string of the molecule is C1=C(C2=NN(c3ccccc3)NN2c2ccccc2)c2ccccc2/C1=C1/N=[N+](c2ccccc2)N=[N+]1c1ccccc1. The number of fused-ring (bicyclic) bond motifs is 1. The molecule has 5 aromatic carbocycles. The van der Waals surface area contributed by atoms with E-state index in [0.717, 1.165) is 56.7 Å². The Hall–Kier alpha value is -5.99. The van der Waals surface area contributed by atoms with Crippen molar-refractivity contribution >= 4 is 39.7 Å². The van der Waals surface area contributed by atoms with Crippen LogP contribution in [-0.2, 0) is 0 Å². The predicted molar refractivity (Wildman–Crippen MR) is 167 cm³/mol. The van der Waals surface area contributed by atoms with E-state index in [9.17, 15) is 0 Å². The largest absolute Gasteiger partial charge is 0.408 e. The summed E-state index contributed by atoms with van der Waals surface area (Å²) in [5.41, 5.74) is 11.3. The van der Waals surface area contributed by atoms with Crippen molar-refractivity contribution in [2.24, 2.45) is 15.4 Å². The number of benzene rings is 5. The Morgan fingerprint density at radius 3 is 1.79 bits per heavy atom. The van der Waals surface area contributed by atoms with Gasteiger partial charge in [-0.2, -0.15) is 5.12 Å². The molecule has 43 heavy (non-hydrogen) atoms. The van der Waals surface area contributed by atoms with E-state index in [1.807, 2.05) is 119 Å². The van der Waals surface area contributed by atoms with Gasteiger partial charge in [-0.1, -0.05) is 97.1 Å². The minimum Gasteiger partial charge on any atom is -0.238 e. The first kappa shape index (κ1) is 24.8. The number of rotatable bonds is 5. The number of hydrazine groups is 2. The average molecular weight is 559 g/mol. The quantitative estimate of drug-likeness (QED) is 0.222. The van der Waals surface area contributed by atoms with E-state index in [1.54, 1.807) is 9.92 Å². The van der Waals surface area contributed by atoms with E-state index < -0.39 is 0 Å². The molecule has 2 heterocycles. The van der Waals surface area contributed by atoms with Crippen molar-refractivity contribution in [1.82, 2.24) is 5.53 Å². The van der Waals surface area contributed by atoms with Gasteiger partial charge in [0.15, 0.2) is 5.84 Å². The van der Waals surface area contributed by atoms with Gasteiger partial charge < -0.3 is 0 Å². The summed E-state index contributed by atoms with van der Waals surface area (Å²) < 4.78 is 1.90. The molecule has 8 rings (SSSR count). The summed E-state index contributed by atoms with van der Waals surface area (Å²) in [5, 5.41) is 18.9. The van der Waals surface area contributed by atoms with E-state index in [4.69, 9.17) is 15.4 Å². The highest BCUT2D eigenvalue weighted by Crippen LogP contribution is 2.42. The smallest absolute Gasteiger partial charge is 0.238 e. The van der Waals surface area contributed by atoms with Gasteiger partial charge in [0.1, 0.15) is 9.92 Å². The fraction of sp³-hybridized carbons (Fsp3) is 0. The molecule has 0 atom stereocenters. The average Bonchev–Trinajstić information content (AvgIpc) is 3.82. The van der Waals surface area contributed by atoms with Gasteiger partial charge in [0.05, 0.1) is 16.9 Å². The number of hydrogen-bond acceptors (Lipinski definition) is 6. The maximum atomic E-state index is 5.09. The molecule has 2 aliphatic heterocycles. The molecule has 8 nitrogen and oxygen atoms in total. The first-order chi connectivity index (χ1) is 21.3. The summed E-state index contributed by atoms with van der Waals surface area (Å²) in [6, 6.07) is 48.7. The molecule has 0 bridgehead atoms. The van der Waals surface area contributed by atoms with Crippen LogP contribution < -0.4 is 15.7 Å². The Bertz CT molecular complexity index is 1980. The zero-order chi connectivity index (χ0) is 28.6. The maximum absolute atomic E-state index is 5.09. The van der Waals surface area contributed by atoms with Crippen molar-refractivity contribution < 1.29 is 9.50 Å². The number of hydrogen-bond donors (Lipinski definition) is 1. The Morgan fingerprint density at radius 1 is 0.558 bits per heavy atom. The zero-order valence-corrected chi connectivity index (χ0v) is 23.1. The van der Waals surface area contributed by atoms with E-state index >= 15 is 0 Å². The second kappa shape index (κ2) is 10.4. The molecular formula is C35H26N8+2. The van der Waals surface area contributed by atoms with E-state index in [1.165, 1.54) is 0 Å². The van der Waals surface area contributed by atoms with Crippen molar-refractivity contribution in [3.63, 3.8) is 0 Å². The van der Waals surface area contributed by atoms with Crippen LogP contribution in [0.1, 0.15) is 11.1 Å². The third-order valence-corrected chi connectivity index (χ3v) is 7.45. The number of azo groups is 1. The molecule has 0 fully saturated rings. The minimum absolute atomic E-state index is 0.732. The number of allylic oxidation sites excluding steroid dienone is 2. The van der Waals surface area contributed by atoms with Crippen molar-refractivity contribution in [2.45, 2.75) is 0 Å². The molecule has 8 heteroatoms. The minimum atomic E-state index is 0.732. The fourth-order valence-corrected chi connectivity index (χ4v) is 5.40. The monoisotopic (exact) mass is 558 g/mol. The summed E-state index contributed by atoms with van der Waals surface area (Å²) >= 11 is 0. The van der Waals surface area contributed by atoms with Crippen LogP contribution in [-0.4, -0.2) is 15.3 Å². The molecule has 0 unspecified atom stereocenters. The lowest BCUT2D eigenvalue weighted by atomic mass is 10.0. The van der Waals surface area contributed by atoms with Gasteiger partial charge >= 0.3 is 11.0 Å². The number of para-hydroxylation sites is 4. The van der Waals surface area contributed by atoms with Crippen molar-refractivity contribution in [3.8, 4) is 0 Å². The molecule has 3 aliphatic rings. The summed E-state index contributed by atoms with van der Waals surface area (Å²) in [5.74, 6) is 1.51. The normalized spacial score (nSPS) is 17.4. The number of nitrogens with one attached hydrogen (secondary N) is 1. The van der Waals surface area contributed by atoms with Crippen LogP contribution in [0.3, 0.4) is 0 Å². The Balaban J connectivity index is 1.32. The summed E-state index contributed by atoms with van der Waals surface area (Å²) in [6.45, 7) is 0. The van der Waals surface area contributed by atoms with Gasteiger partial charge in [0.25, 0.3) is 5.69 Å². The van der Waals surface area contributed by atoms with Crippen molar-refractivity contribution in [3.05, 3.63) is 169 Å². The van der Waals surface area contributed by atoms with Gasteiger partial charge in [-0.05, 0) is 41.5 Å². The number of hydrazone groups is 1. The first-order valence-electron chi connectivity index (χ1n) is 14.1. The lowest BCUT2D eigenvalue weighted by molar-refractivity contribution is -0.614. The molecule has 0 spiro atoms. The van der Waals surface area contributed by atoms with Gasteiger partial charge in [-0.15, -0.1) is 10.6 Å². The van der Waals surface area contributed by atoms with Crippen LogP contribution in [0.25, 0.3) is 11.1 Å². The standard InChI is InChI=1S/C35H26N8/c1-5-15-26(16-6-1)40-34(36-42(38-40)28-19-9-3-10-20-28)32-25-33(31-24-14-13-23-30(31)32)35-37-43(29-21-11-4-12-22-29)39-41(35)27-17-7-2-8-18-27/h1-25H,(H,36,38)/q+2. The van der Waals surface area contributed by atoms with Crippen LogP contribution in [0.4, 0.5) is 22.7 Å². The Morgan fingerprint density at radius 2 is 1.12 bits per heavy atom. The third-order valence-electron chi connectivity index (χ3n) is 7.45. The van der Waals surface area contributed by atoms with Crippen LogP contribution in [0.2, 0.25) is 0 Å². The highest BCUT2D eigenvalue weighted by Gasteiger charge is 2.42. The van der Waals surface area contributed by atoms with Gasteiger partial charge in [-0.3, -0.25) is 0 Å². The second-order valence-electron chi connectivity index (χ2n) is 10.1. The zero-order valence-electron chi connectivity index (χ0n) is 23.1. The molecule has 204 valence electrons. The number of amidine groups is 1. The second-order valence-corrected chi connectivity index (χ2v) is 10.1. The topological polar surface area (TPSA) is 61.6 Å².